The second kappa shape index (κ2) is 7.14. The van der Waals surface area contributed by atoms with Gasteiger partial charge >= 0.3 is 0 Å². The summed E-state index contributed by atoms with van der Waals surface area (Å²) >= 11 is 3.13. The third kappa shape index (κ3) is 3.73. The van der Waals surface area contributed by atoms with Gasteiger partial charge in [0, 0.05) is 35.5 Å². The Morgan fingerprint density at radius 3 is 2.70 bits per heavy atom. The molecule has 1 saturated heterocycles. The molecular formula is C16H17N3O2S2. The van der Waals surface area contributed by atoms with Crippen molar-refractivity contribution in [1.82, 2.24) is 9.88 Å². The van der Waals surface area contributed by atoms with E-state index in [9.17, 15) is 9.59 Å². The van der Waals surface area contributed by atoms with E-state index < -0.39 is 0 Å². The first-order valence-electron chi connectivity index (χ1n) is 7.34. The summed E-state index contributed by atoms with van der Waals surface area (Å²) in [5.41, 5.74) is 1.93. The molecule has 0 unspecified atom stereocenters. The van der Waals surface area contributed by atoms with Gasteiger partial charge in [0.05, 0.1) is 0 Å². The standard InChI is InChI=1S/C16H17N3O2S2/c1-11-4-2-3-5-12(11)14(20)18-16-17-13(10-23-16)15(21)19-6-8-22-9-7-19/h2-5,10H,6-9H2,1H3,(H,17,18,20). The van der Waals surface area contributed by atoms with E-state index in [2.05, 4.69) is 10.3 Å². The summed E-state index contributed by atoms with van der Waals surface area (Å²) in [5.74, 6) is 1.67. The van der Waals surface area contributed by atoms with Gasteiger partial charge in [0.25, 0.3) is 11.8 Å². The monoisotopic (exact) mass is 347 g/mol. The van der Waals surface area contributed by atoms with E-state index in [1.165, 1.54) is 11.3 Å². The predicted molar refractivity (Wildman–Crippen MR) is 94.5 cm³/mol. The highest BCUT2D eigenvalue weighted by molar-refractivity contribution is 7.99. The highest BCUT2D eigenvalue weighted by Crippen LogP contribution is 2.20. The highest BCUT2D eigenvalue weighted by atomic mass is 32.2. The molecule has 1 aliphatic heterocycles. The molecule has 1 aromatic carbocycles. The summed E-state index contributed by atoms with van der Waals surface area (Å²) in [6.45, 7) is 3.40. The maximum atomic E-state index is 12.4. The SMILES string of the molecule is Cc1ccccc1C(=O)Nc1nc(C(=O)N2CCSCC2)cs1. The zero-order valence-electron chi connectivity index (χ0n) is 12.7. The molecule has 0 radical (unpaired) electrons. The Labute approximate surface area is 143 Å². The maximum absolute atomic E-state index is 12.4. The van der Waals surface area contributed by atoms with Crippen molar-refractivity contribution in [3.8, 4) is 0 Å². The topological polar surface area (TPSA) is 62.3 Å². The lowest BCUT2D eigenvalue weighted by atomic mass is 10.1. The lowest BCUT2D eigenvalue weighted by molar-refractivity contribution is 0.0767. The molecule has 1 fully saturated rings. The van der Waals surface area contributed by atoms with Crippen LogP contribution >= 0.6 is 23.1 Å². The minimum atomic E-state index is -0.203. The van der Waals surface area contributed by atoms with E-state index in [0.29, 0.717) is 16.4 Å². The molecule has 7 heteroatoms. The van der Waals surface area contributed by atoms with Gasteiger partial charge in [-0.3, -0.25) is 14.9 Å². The Balaban J connectivity index is 1.68. The summed E-state index contributed by atoms with van der Waals surface area (Å²) < 4.78 is 0. The number of hydrogen-bond acceptors (Lipinski definition) is 5. The molecule has 0 saturated carbocycles. The molecule has 0 bridgehead atoms. The van der Waals surface area contributed by atoms with Gasteiger partial charge in [-0.2, -0.15) is 11.8 Å². The largest absolute Gasteiger partial charge is 0.336 e. The van der Waals surface area contributed by atoms with Crippen LogP contribution in [0, 0.1) is 6.92 Å². The summed E-state index contributed by atoms with van der Waals surface area (Å²) in [5, 5.41) is 4.93. The normalized spacial score (nSPS) is 14.6. The van der Waals surface area contributed by atoms with Crippen LogP contribution in [-0.4, -0.2) is 46.3 Å². The summed E-state index contributed by atoms with van der Waals surface area (Å²) in [6, 6.07) is 7.38. The van der Waals surface area contributed by atoms with Gasteiger partial charge in [-0.15, -0.1) is 11.3 Å². The summed E-state index contributed by atoms with van der Waals surface area (Å²) in [4.78, 5) is 30.7. The predicted octanol–water partition coefficient (Wildman–Crippen LogP) is 2.89. The number of nitrogens with zero attached hydrogens (tertiary/aromatic N) is 2. The zero-order valence-corrected chi connectivity index (χ0v) is 14.4. The number of hydrogen-bond donors (Lipinski definition) is 1. The fourth-order valence-corrected chi connectivity index (χ4v) is 3.93. The minimum absolute atomic E-state index is 0.0575. The van der Waals surface area contributed by atoms with Gasteiger partial charge in [-0.1, -0.05) is 18.2 Å². The van der Waals surface area contributed by atoms with Gasteiger partial charge < -0.3 is 4.90 Å². The van der Waals surface area contributed by atoms with Crippen molar-refractivity contribution in [1.29, 1.82) is 0 Å². The fraction of sp³-hybridized carbons (Fsp3) is 0.312. The number of anilines is 1. The molecule has 5 nitrogen and oxygen atoms in total. The van der Waals surface area contributed by atoms with Gasteiger partial charge in [0.15, 0.2) is 5.13 Å². The van der Waals surface area contributed by atoms with Crippen molar-refractivity contribution in [3.05, 3.63) is 46.5 Å². The molecular weight excluding hydrogens is 330 g/mol. The zero-order chi connectivity index (χ0) is 16.2. The number of rotatable bonds is 3. The van der Waals surface area contributed by atoms with E-state index in [1.807, 2.05) is 41.8 Å². The van der Waals surface area contributed by atoms with E-state index in [1.54, 1.807) is 11.4 Å². The maximum Gasteiger partial charge on any atom is 0.273 e. The quantitative estimate of drug-likeness (QED) is 0.927. The van der Waals surface area contributed by atoms with Crippen LogP contribution in [0.5, 0.6) is 0 Å². The average molecular weight is 347 g/mol. The molecule has 2 heterocycles. The van der Waals surface area contributed by atoms with Crippen molar-refractivity contribution in [3.63, 3.8) is 0 Å². The van der Waals surface area contributed by atoms with Crippen LogP contribution in [0.1, 0.15) is 26.4 Å². The van der Waals surface area contributed by atoms with E-state index in [-0.39, 0.29) is 11.8 Å². The van der Waals surface area contributed by atoms with Crippen molar-refractivity contribution < 1.29 is 9.59 Å². The van der Waals surface area contributed by atoms with Crippen molar-refractivity contribution >= 4 is 40.0 Å². The first kappa shape index (κ1) is 16.0. The number of thiazole rings is 1. The van der Waals surface area contributed by atoms with Gasteiger partial charge in [0.1, 0.15) is 5.69 Å². The molecule has 120 valence electrons. The number of carbonyl (C=O) groups is 2. The van der Waals surface area contributed by atoms with Crippen molar-refractivity contribution in [2.45, 2.75) is 6.92 Å². The second-order valence-electron chi connectivity index (χ2n) is 5.21. The first-order chi connectivity index (χ1) is 11.1. The second-order valence-corrected chi connectivity index (χ2v) is 7.29. The molecule has 3 rings (SSSR count). The van der Waals surface area contributed by atoms with E-state index >= 15 is 0 Å². The molecule has 0 spiro atoms. The fourth-order valence-electron chi connectivity index (χ4n) is 2.35. The van der Waals surface area contributed by atoms with Crippen molar-refractivity contribution in [2.24, 2.45) is 0 Å². The van der Waals surface area contributed by atoms with Crippen LogP contribution in [0.4, 0.5) is 5.13 Å². The summed E-state index contributed by atoms with van der Waals surface area (Å²) in [7, 11) is 0. The Bertz CT molecular complexity index is 724. The van der Waals surface area contributed by atoms with Gasteiger partial charge in [0.2, 0.25) is 0 Å². The number of aryl methyl sites for hydroxylation is 1. The number of nitrogens with one attached hydrogen (secondary N) is 1. The third-order valence-corrected chi connectivity index (χ3v) is 5.33. The summed E-state index contributed by atoms with van der Waals surface area (Å²) in [6.07, 6.45) is 0. The lowest BCUT2D eigenvalue weighted by Crippen LogP contribution is -2.38. The Morgan fingerprint density at radius 2 is 1.96 bits per heavy atom. The van der Waals surface area contributed by atoms with E-state index in [0.717, 1.165) is 30.2 Å². The Hall–Kier alpha value is -1.86. The van der Waals surface area contributed by atoms with Crippen LogP contribution in [0.2, 0.25) is 0 Å². The van der Waals surface area contributed by atoms with Crippen molar-refractivity contribution in [2.75, 3.05) is 29.9 Å². The molecule has 1 aliphatic rings. The molecule has 23 heavy (non-hydrogen) atoms. The van der Waals surface area contributed by atoms with Crippen LogP contribution in [0.3, 0.4) is 0 Å². The van der Waals surface area contributed by atoms with Crippen LogP contribution < -0.4 is 5.32 Å². The molecule has 0 aliphatic carbocycles. The Kier molecular flexibility index (Phi) is 4.97. The molecule has 1 aromatic heterocycles. The molecule has 2 amide bonds. The number of benzene rings is 1. The van der Waals surface area contributed by atoms with Crippen LogP contribution in [0.15, 0.2) is 29.6 Å². The number of aromatic nitrogens is 1. The van der Waals surface area contributed by atoms with Crippen LogP contribution in [0.25, 0.3) is 0 Å². The highest BCUT2D eigenvalue weighted by Gasteiger charge is 2.21. The minimum Gasteiger partial charge on any atom is -0.336 e. The number of carbonyl (C=O) groups excluding carboxylic acids is 2. The lowest BCUT2D eigenvalue weighted by Gasteiger charge is -2.25. The van der Waals surface area contributed by atoms with Gasteiger partial charge in [-0.25, -0.2) is 4.98 Å². The molecule has 1 N–H and O–H groups in total. The van der Waals surface area contributed by atoms with E-state index in [4.69, 9.17) is 0 Å². The average Bonchev–Trinajstić information content (AvgIpc) is 3.03. The van der Waals surface area contributed by atoms with Crippen LogP contribution in [-0.2, 0) is 0 Å². The Morgan fingerprint density at radius 1 is 1.22 bits per heavy atom. The molecule has 2 aromatic rings. The number of amides is 2. The smallest absolute Gasteiger partial charge is 0.273 e. The third-order valence-electron chi connectivity index (χ3n) is 3.63. The number of thioether (sulfide) groups is 1. The first-order valence-corrected chi connectivity index (χ1v) is 9.38. The van der Waals surface area contributed by atoms with Gasteiger partial charge in [-0.05, 0) is 18.6 Å². The molecule has 0 atom stereocenters.